The summed E-state index contributed by atoms with van der Waals surface area (Å²) in [5.41, 5.74) is 1.38. The molecule has 90 valence electrons. The van der Waals surface area contributed by atoms with Gasteiger partial charge in [0, 0.05) is 6.20 Å². The van der Waals surface area contributed by atoms with Gasteiger partial charge in [-0.1, -0.05) is 6.07 Å². The van der Waals surface area contributed by atoms with Gasteiger partial charge >= 0.3 is 5.97 Å². The molecule has 5 heteroatoms. The fourth-order valence-corrected chi connectivity index (χ4v) is 1.88. The van der Waals surface area contributed by atoms with Crippen molar-refractivity contribution in [1.29, 1.82) is 0 Å². The number of fused-ring (bicyclic) bond motifs is 1. The van der Waals surface area contributed by atoms with E-state index in [1.807, 2.05) is 19.1 Å². The lowest BCUT2D eigenvalue weighted by atomic mass is 10.3. The number of nitrogens with zero attached hydrogens (tertiary/aromatic N) is 2. The highest BCUT2D eigenvalue weighted by Crippen LogP contribution is 2.22. The molecule has 0 unspecified atom stereocenters. The van der Waals surface area contributed by atoms with Gasteiger partial charge in [0.15, 0.2) is 5.76 Å². The Morgan fingerprint density at radius 1 is 1.33 bits per heavy atom. The monoisotopic (exact) mass is 242 g/mol. The number of carboxylic acid groups (broad SMARTS) is 1. The van der Waals surface area contributed by atoms with Gasteiger partial charge in [-0.25, -0.2) is 9.78 Å². The van der Waals surface area contributed by atoms with Gasteiger partial charge in [-0.2, -0.15) is 0 Å². The maximum Gasteiger partial charge on any atom is 0.352 e. The zero-order valence-corrected chi connectivity index (χ0v) is 9.62. The average molecular weight is 242 g/mol. The van der Waals surface area contributed by atoms with Gasteiger partial charge in [0.25, 0.3) is 0 Å². The maximum atomic E-state index is 11.1. The summed E-state index contributed by atoms with van der Waals surface area (Å²) in [6.07, 6.45) is 1.66. The van der Waals surface area contributed by atoms with Crippen molar-refractivity contribution in [2.45, 2.75) is 6.92 Å². The number of aromatic nitrogens is 2. The Balaban J connectivity index is 2.22. The lowest BCUT2D eigenvalue weighted by molar-refractivity contribution is 0.0689. The van der Waals surface area contributed by atoms with Crippen LogP contribution in [0.25, 0.3) is 17.1 Å². The summed E-state index contributed by atoms with van der Waals surface area (Å²) in [7, 11) is 0. The minimum Gasteiger partial charge on any atom is -0.477 e. The fourth-order valence-electron chi connectivity index (χ4n) is 1.88. The summed E-state index contributed by atoms with van der Waals surface area (Å²) in [6, 6.07) is 8.62. The van der Waals surface area contributed by atoms with Crippen LogP contribution in [-0.2, 0) is 0 Å². The quantitative estimate of drug-likeness (QED) is 0.750. The van der Waals surface area contributed by atoms with Gasteiger partial charge in [-0.3, -0.25) is 4.40 Å². The molecule has 0 fully saturated rings. The van der Waals surface area contributed by atoms with Crippen molar-refractivity contribution in [2.24, 2.45) is 0 Å². The lowest BCUT2D eigenvalue weighted by Gasteiger charge is -1.97. The van der Waals surface area contributed by atoms with Crippen LogP contribution in [0.5, 0.6) is 0 Å². The lowest BCUT2D eigenvalue weighted by Crippen LogP contribution is -2.03. The van der Waals surface area contributed by atoms with Crippen molar-refractivity contribution >= 4 is 11.6 Å². The SMILES string of the molecule is Cc1ccc(-c2cn3c(C(=O)O)cccc3n2)o1. The van der Waals surface area contributed by atoms with E-state index >= 15 is 0 Å². The third-order valence-electron chi connectivity index (χ3n) is 2.70. The second-order valence-corrected chi connectivity index (χ2v) is 3.98. The topological polar surface area (TPSA) is 67.7 Å². The zero-order chi connectivity index (χ0) is 12.7. The smallest absolute Gasteiger partial charge is 0.352 e. The van der Waals surface area contributed by atoms with Gasteiger partial charge in [0.1, 0.15) is 22.8 Å². The molecule has 3 aromatic heterocycles. The molecule has 0 aromatic carbocycles. The van der Waals surface area contributed by atoms with Crippen molar-refractivity contribution < 1.29 is 14.3 Å². The van der Waals surface area contributed by atoms with Crippen LogP contribution in [0.4, 0.5) is 0 Å². The molecular formula is C13H10N2O3. The van der Waals surface area contributed by atoms with Gasteiger partial charge in [0.05, 0.1) is 0 Å². The number of imidazole rings is 1. The number of hydrogen-bond acceptors (Lipinski definition) is 3. The summed E-state index contributed by atoms with van der Waals surface area (Å²) >= 11 is 0. The third kappa shape index (κ3) is 1.57. The summed E-state index contributed by atoms with van der Waals surface area (Å²) < 4.78 is 7.01. The van der Waals surface area contributed by atoms with Gasteiger partial charge in [-0.05, 0) is 31.2 Å². The van der Waals surface area contributed by atoms with Crippen molar-refractivity contribution in [3.05, 3.63) is 48.0 Å². The molecular weight excluding hydrogens is 232 g/mol. The predicted molar refractivity (Wildman–Crippen MR) is 64.6 cm³/mol. The van der Waals surface area contributed by atoms with E-state index in [9.17, 15) is 4.79 Å². The molecule has 0 atom stereocenters. The van der Waals surface area contributed by atoms with Gasteiger partial charge < -0.3 is 9.52 Å². The first-order valence-corrected chi connectivity index (χ1v) is 5.43. The van der Waals surface area contributed by atoms with Crippen LogP contribution >= 0.6 is 0 Å². The van der Waals surface area contributed by atoms with E-state index in [4.69, 9.17) is 9.52 Å². The number of aromatic carboxylic acids is 1. The highest BCUT2D eigenvalue weighted by molar-refractivity contribution is 5.86. The number of carboxylic acids is 1. The Labute approximate surface area is 102 Å². The normalized spacial score (nSPS) is 10.9. The second-order valence-electron chi connectivity index (χ2n) is 3.98. The molecule has 0 radical (unpaired) electrons. The molecule has 3 rings (SSSR count). The van der Waals surface area contributed by atoms with Crippen molar-refractivity contribution in [3.63, 3.8) is 0 Å². The van der Waals surface area contributed by atoms with Crippen LogP contribution in [0.2, 0.25) is 0 Å². The third-order valence-corrected chi connectivity index (χ3v) is 2.70. The molecule has 0 saturated carbocycles. The maximum absolute atomic E-state index is 11.1. The van der Waals surface area contributed by atoms with Crippen LogP contribution in [-0.4, -0.2) is 20.5 Å². The van der Waals surface area contributed by atoms with Crippen molar-refractivity contribution in [2.75, 3.05) is 0 Å². The highest BCUT2D eigenvalue weighted by Gasteiger charge is 2.12. The summed E-state index contributed by atoms with van der Waals surface area (Å²) in [6.45, 7) is 1.85. The first-order valence-electron chi connectivity index (χ1n) is 5.43. The Bertz CT molecular complexity index is 740. The Hall–Kier alpha value is -2.56. The molecule has 0 amide bonds. The van der Waals surface area contributed by atoms with Crippen LogP contribution < -0.4 is 0 Å². The van der Waals surface area contributed by atoms with E-state index in [0.29, 0.717) is 17.1 Å². The Morgan fingerprint density at radius 2 is 2.17 bits per heavy atom. The Kier molecular flexibility index (Phi) is 2.19. The molecule has 1 N–H and O–H groups in total. The highest BCUT2D eigenvalue weighted by atomic mass is 16.4. The predicted octanol–water partition coefficient (Wildman–Crippen LogP) is 2.60. The van der Waals surface area contributed by atoms with E-state index in [-0.39, 0.29) is 5.69 Å². The number of hydrogen-bond donors (Lipinski definition) is 1. The van der Waals surface area contributed by atoms with Crippen molar-refractivity contribution in [1.82, 2.24) is 9.38 Å². The molecule has 0 spiro atoms. The summed E-state index contributed by atoms with van der Waals surface area (Å²) in [5.74, 6) is 0.438. The largest absolute Gasteiger partial charge is 0.477 e. The molecule has 3 heterocycles. The standard InChI is InChI=1S/C13H10N2O3/c1-8-5-6-11(18-8)9-7-15-10(13(16)17)3-2-4-12(15)14-9/h2-7H,1H3,(H,16,17). The van der Waals surface area contributed by atoms with E-state index in [0.717, 1.165) is 5.76 Å². The van der Waals surface area contributed by atoms with Gasteiger partial charge in [-0.15, -0.1) is 0 Å². The van der Waals surface area contributed by atoms with E-state index in [1.54, 1.807) is 18.3 Å². The molecule has 0 bridgehead atoms. The van der Waals surface area contributed by atoms with Crippen LogP contribution in [0.3, 0.4) is 0 Å². The molecule has 18 heavy (non-hydrogen) atoms. The van der Waals surface area contributed by atoms with Crippen LogP contribution in [0, 0.1) is 6.92 Å². The number of rotatable bonds is 2. The molecule has 0 aliphatic carbocycles. The minimum atomic E-state index is -0.986. The van der Waals surface area contributed by atoms with Crippen LogP contribution in [0.1, 0.15) is 16.2 Å². The summed E-state index contributed by atoms with van der Waals surface area (Å²) in [5, 5.41) is 9.09. The fraction of sp³-hybridized carbons (Fsp3) is 0.0769. The second kappa shape index (κ2) is 3.73. The first kappa shape index (κ1) is 10.6. The number of carbonyl (C=O) groups is 1. The van der Waals surface area contributed by atoms with Crippen molar-refractivity contribution in [3.8, 4) is 11.5 Å². The molecule has 5 nitrogen and oxygen atoms in total. The zero-order valence-electron chi connectivity index (χ0n) is 9.62. The average Bonchev–Trinajstić information content (AvgIpc) is 2.93. The first-order chi connectivity index (χ1) is 8.65. The minimum absolute atomic E-state index is 0.175. The van der Waals surface area contributed by atoms with E-state index < -0.39 is 5.97 Å². The van der Waals surface area contributed by atoms with Gasteiger partial charge in [0.2, 0.25) is 0 Å². The van der Waals surface area contributed by atoms with E-state index in [2.05, 4.69) is 4.98 Å². The molecule has 3 aromatic rings. The molecule has 0 saturated heterocycles. The summed E-state index contributed by atoms with van der Waals surface area (Å²) in [4.78, 5) is 15.4. The molecule has 0 aliphatic heterocycles. The number of aryl methyl sites for hydroxylation is 1. The number of pyridine rings is 1. The van der Waals surface area contributed by atoms with E-state index in [1.165, 1.54) is 10.5 Å². The number of furan rings is 1. The Morgan fingerprint density at radius 3 is 2.83 bits per heavy atom. The molecule has 0 aliphatic rings. The van der Waals surface area contributed by atoms with Crippen LogP contribution in [0.15, 0.2) is 40.9 Å².